The van der Waals surface area contributed by atoms with Gasteiger partial charge in [-0.2, -0.15) is 0 Å². The molecule has 0 fully saturated rings. The maximum Gasteiger partial charge on any atom is 0.294 e. The van der Waals surface area contributed by atoms with Crippen LogP contribution < -0.4 is 16.2 Å². The molecule has 3 heterocycles. The number of anilines is 1. The lowest BCUT2D eigenvalue weighted by Crippen LogP contribution is -2.83. The Morgan fingerprint density at radius 1 is 1.16 bits per heavy atom. The van der Waals surface area contributed by atoms with Crippen molar-refractivity contribution in [2.75, 3.05) is 18.4 Å². The van der Waals surface area contributed by atoms with Crippen LogP contribution in [0.3, 0.4) is 0 Å². The van der Waals surface area contributed by atoms with Gasteiger partial charge in [-0.3, -0.25) is 14.3 Å². The maximum absolute atomic E-state index is 12.8. The Labute approximate surface area is 193 Å². The van der Waals surface area contributed by atoms with Crippen molar-refractivity contribution in [2.45, 2.75) is 19.5 Å². The average molecular weight is 475 g/mol. The lowest BCUT2D eigenvalue weighted by molar-refractivity contribution is -0.671. The van der Waals surface area contributed by atoms with E-state index in [4.69, 9.17) is 23.2 Å². The van der Waals surface area contributed by atoms with Crippen LogP contribution in [-0.2, 0) is 19.5 Å². The quantitative estimate of drug-likeness (QED) is 0.363. The number of nitrogens with zero attached hydrogens (tertiary/aromatic N) is 3. The zero-order chi connectivity index (χ0) is 21.6. The molecule has 0 unspecified atom stereocenters. The van der Waals surface area contributed by atoms with Crippen LogP contribution in [-0.4, -0.2) is 27.6 Å². The molecule has 0 aliphatic heterocycles. The van der Waals surface area contributed by atoms with Crippen LogP contribution in [0.5, 0.6) is 0 Å². The van der Waals surface area contributed by atoms with E-state index >= 15 is 0 Å². The molecule has 3 aromatic heterocycles. The van der Waals surface area contributed by atoms with Crippen LogP contribution in [0.1, 0.15) is 11.3 Å². The summed E-state index contributed by atoms with van der Waals surface area (Å²) in [6.45, 7) is 2.60. The molecule has 31 heavy (non-hydrogen) atoms. The van der Waals surface area contributed by atoms with Crippen molar-refractivity contribution in [3.63, 3.8) is 0 Å². The van der Waals surface area contributed by atoms with E-state index in [0.717, 1.165) is 23.8 Å². The minimum atomic E-state index is -0.213. The Kier molecular flexibility index (Phi) is 7.19. The second-order valence-corrected chi connectivity index (χ2v) is 8.80. The fourth-order valence-corrected chi connectivity index (χ4v) is 4.68. The summed E-state index contributed by atoms with van der Waals surface area (Å²) in [5, 5.41) is 9.69. The van der Waals surface area contributed by atoms with Gasteiger partial charge < -0.3 is 10.6 Å². The summed E-state index contributed by atoms with van der Waals surface area (Å²) in [4.78, 5) is 21.2. The van der Waals surface area contributed by atoms with Crippen molar-refractivity contribution >= 4 is 50.4 Å². The van der Waals surface area contributed by atoms with E-state index in [-0.39, 0.29) is 5.56 Å². The van der Waals surface area contributed by atoms with Crippen LogP contribution in [0, 0.1) is 0 Å². The predicted molar refractivity (Wildman–Crippen MR) is 127 cm³/mol. The molecular weight excluding hydrogens is 453 g/mol. The Balaban J connectivity index is 1.34. The second kappa shape index (κ2) is 10.2. The van der Waals surface area contributed by atoms with Crippen molar-refractivity contribution < 1.29 is 5.32 Å². The minimum absolute atomic E-state index is 0.213. The number of benzene rings is 1. The molecular formula is C22H22Cl2N5OS+. The lowest BCUT2D eigenvalue weighted by atomic mass is 10.2. The molecule has 0 spiro atoms. The molecule has 3 N–H and O–H groups in total. The summed E-state index contributed by atoms with van der Waals surface area (Å²) in [7, 11) is 0. The highest BCUT2D eigenvalue weighted by Crippen LogP contribution is 2.28. The summed E-state index contributed by atoms with van der Waals surface area (Å²) in [5.41, 5.74) is 1.99. The number of halogens is 2. The Morgan fingerprint density at radius 3 is 2.90 bits per heavy atom. The number of aromatic nitrogens is 3. The molecule has 6 nitrogen and oxygen atoms in total. The maximum atomic E-state index is 12.8. The topological polar surface area (TPSA) is 76.4 Å². The number of hydrogen-bond donors (Lipinski definition) is 2. The highest BCUT2D eigenvalue weighted by molar-refractivity contribution is 7.17. The van der Waals surface area contributed by atoms with Crippen molar-refractivity contribution in [1.29, 1.82) is 0 Å². The molecule has 0 radical (unpaired) electrons. The zero-order valence-corrected chi connectivity index (χ0v) is 19.1. The number of pyridine rings is 1. The smallest absolute Gasteiger partial charge is 0.294 e. The Bertz CT molecular complexity index is 1230. The van der Waals surface area contributed by atoms with Gasteiger partial charge >= 0.3 is 0 Å². The van der Waals surface area contributed by atoms with Crippen LogP contribution in [0.2, 0.25) is 10.2 Å². The first-order chi connectivity index (χ1) is 15.1. The zero-order valence-electron chi connectivity index (χ0n) is 16.7. The van der Waals surface area contributed by atoms with Gasteiger partial charge in [0.25, 0.3) is 5.56 Å². The summed E-state index contributed by atoms with van der Waals surface area (Å²) < 4.78 is 2.78. The molecule has 0 atom stereocenters. The van der Waals surface area contributed by atoms with Gasteiger partial charge in [-0.25, -0.2) is 4.98 Å². The first-order valence-electron chi connectivity index (χ1n) is 9.98. The van der Waals surface area contributed by atoms with E-state index in [1.54, 1.807) is 22.1 Å². The fraction of sp³-hybridized carbons (Fsp3) is 0.227. The third kappa shape index (κ3) is 5.43. The van der Waals surface area contributed by atoms with Gasteiger partial charge in [0.15, 0.2) is 5.82 Å². The third-order valence-corrected chi connectivity index (χ3v) is 6.49. The molecule has 0 saturated heterocycles. The van der Waals surface area contributed by atoms with Gasteiger partial charge in [0.1, 0.15) is 11.7 Å². The highest BCUT2D eigenvalue weighted by Gasteiger charge is 2.11. The molecule has 0 amide bonds. The minimum Gasteiger partial charge on any atom is -0.365 e. The Hall–Kier alpha value is -2.45. The van der Waals surface area contributed by atoms with Crippen LogP contribution in [0.25, 0.3) is 10.1 Å². The summed E-state index contributed by atoms with van der Waals surface area (Å²) >= 11 is 14.1. The highest BCUT2D eigenvalue weighted by atomic mass is 35.5. The summed E-state index contributed by atoms with van der Waals surface area (Å²) in [6.07, 6.45) is 3.98. The number of quaternary nitrogens is 1. The number of nitrogens with two attached hydrogens (primary N) is 1. The second-order valence-electron chi connectivity index (χ2n) is 7.07. The molecule has 4 aromatic rings. The van der Waals surface area contributed by atoms with Gasteiger partial charge in [0.05, 0.1) is 19.3 Å². The molecule has 0 aliphatic rings. The van der Waals surface area contributed by atoms with Crippen LogP contribution in [0.4, 0.5) is 5.82 Å². The fourth-order valence-electron chi connectivity index (χ4n) is 3.34. The first kappa shape index (κ1) is 21.8. The lowest BCUT2D eigenvalue weighted by Gasteiger charge is -2.11. The van der Waals surface area contributed by atoms with E-state index in [0.29, 0.717) is 30.5 Å². The predicted octanol–water partition coefficient (Wildman–Crippen LogP) is 3.58. The van der Waals surface area contributed by atoms with E-state index in [1.165, 1.54) is 21.8 Å². The average Bonchev–Trinajstić information content (AvgIpc) is 3.17. The van der Waals surface area contributed by atoms with Gasteiger partial charge in [-0.1, -0.05) is 29.3 Å². The number of nitrogens with one attached hydrogen (secondary N) is 1. The summed E-state index contributed by atoms with van der Waals surface area (Å²) in [5.74, 6) is 0.304. The van der Waals surface area contributed by atoms with E-state index in [9.17, 15) is 4.79 Å². The SMILES string of the molecule is O=c1c(NCCc2ccccn2)ncc(Cl)n1CC[NH2+]Cc1csc2ccc(Cl)cc12. The molecule has 4 rings (SSSR count). The number of rotatable bonds is 9. The van der Waals surface area contributed by atoms with Gasteiger partial charge in [-0.05, 0) is 30.3 Å². The largest absolute Gasteiger partial charge is 0.365 e. The molecule has 160 valence electrons. The van der Waals surface area contributed by atoms with E-state index in [2.05, 4.69) is 26.0 Å². The van der Waals surface area contributed by atoms with Crippen LogP contribution >= 0.6 is 34.5 Å². The van der Waals surface area contributed by atoms with Crippen LogP contribution in [0.15, 0.2) is 59.0 Å². The molecule has 0 saturated carbocycles. The van der Waals surface area contributed by atoms with Gasteiger partial charge in [0.2, 0.25) is 0 Å². The van der Waals surface area contributed by atoms with Gasteiger partial charge in [0, 0.05) is 50.9 Å². The van der Waals surface area contributed by atoms with Crippen molar-refractivity contribution in [2.24, 2.45) is 0 Å². The number of hydrogen-bond acceptors (Lipinski definition) is 5. The van der Waals surface area contributed by atoms with Crippen molar-refractivity contribution in [3.05, 3.63) is 86.0 Å². The van der Waals surface area contributed by atoms with Crippen molar-refractivity contribution in [1.82, 2.24) is 14.5 Å². The Morgan fingerprint density at radius 2 is 2.06 bits per heavy atom. The van der Waals surface area contributed by atoms with E-state index < -0.39 is 0 Å². The molecule has 0 aliphatic carbocycles. The monoisotopic (exact) mass is 474 g/mol. The standard InChI is InChI=1S/C22H21Cl2N5OS/c23-16-4-5-19-18(11-16)15(14-31-19)12-25-9-10-29-20(24)13-28-21(22(29)30)27-8-6-17-3-1-2-7-26-17/h1-5,7,11,13-14,25H,6,8-10,12H2,(H,27,28)/p+1. The number of fused-ring (bicyclic) bond motifs is 1. The molecule has 0 bridgehead atoms. The molecule has 1 aromatic carbocycles. The van der Waals surface area contributed by atoms with Crippen molar-refractivity contribution in [3.8, 4) is 0 Å². The normalized spacial score (nSPS) is 11.2. The van der Waals surface area contributed by atoms with E-state index in [1.807, 2.05) is 36.4 Å². The molecule has 9 heteroatoms. The number of thiophene rings is 1. The third-order valence-electron chi connectivity index (χ3n) is 4.94. The first-order valence-corrected chi connectivity index (χ1v) is 11.6. The summed E-state index contributed by atoms with van der Waals surface area (Å²) in [6, 6.07) is 11.7. The van der Waals surface area contributed by atoms with Gasteiger partial charge in [-0.15, -0.1) is 11.3 Å².